The molecule has 6 nitrogen and oxygen atoms in total. The Morgan fingerprint density at radius 1 is 0.941 bits per heavy atom. The van der Waals surface area contributed by atoms with Gasteiger partial charge in [0.25, 0.3) is 11.8 Å². The van der Waals surface area contributed by atoms with Gasteiger partial charge in [-0.2, -0.15) is 0 Å². The number of amides is 2. The second kappa shape index (κ2) is 9.43. The standard InChI is InChI=1S/C27H26N2O4S/c1-32-22-14-11-17(15-23(22)33-2)26(30)28-18-12-13-21-25(16-18)34-24-10-6-5-9-20(24)27(31)29(21)19-7-3-4-8-19/h5-6,9-16,19H,3-4,7-8H2,1-2H3,(H,28,30). The van der Waals surface area contributed by atoms with Gasteiger partial charge in [0, 0.05) is 27.1 Å². The number of benzene rings is 3. The molecule has 1 heterocycles. The molecule has 3 aromatic rings. The number of hydrogen-bond acceptors (Lipinski definition) is 5. The lowest BCUT2D eigenvalue weighted by molar-refractivity contribution is 0.0972. The first-order valence-corrected chi connectivity index (χ1v) is 12.2. The fraction of sp³-hybridized carbons (Fsp3) is 0.259. The summed E-state index contributed by atoms with van der Waals surface area (Å²) in [5.41, 5.74) is 2.77. The van der Waals surface area contributed by atoms with Gasteiger partial charge in [0.05, 0.1) is 25.5 Å². The number of methoxy groups -OCH3 is 2. The van der Waals surface area contributed by atoms with E-state index in [-0.39, 0.29) is 17.9 Å². The number of nitrogens with one attached hydrogen (secondary N) is 1. The predicted octanol–water partition coefficient (Wildman–Crippen LogP) is 6.01. The van der Waals surface area contributed by atoms with E-state index in [9.17, 15) is 9.59 Å². The topological polar surface area (TPSA) is 67.9 Å². The summed E-state index contributed by atoms with van der Waals surface area (Å²) in [7, 11) is 3.10. The number of nitrogens with zero attached hydrogens (tertiary/aromatic N) is 1. The van der Waals surface area contributed by atoms with Crippen LogP contribution in [0.2, 0.25) is 0 Å². The number of carbonyl (C=O) groups is 2. The highest BCUT2D eigenvalue weighted by molar-refractivity contribution is 7.99. The number of anilines is 2. The Balaban J connectivity index is 1.48. The van der Waals surface area contributed by atoms with Crippen molar-refractivity contribution in [2.75, 3.05) is 24.4 Å². The second-order valence-corrected chi connectivity index (χ2v) is 9.50. The molecule has 1 fully saturated rings. The van der Waals surface area contributed by atoms with E-state index in [1.807, 2.05) is 47.4 Å². The van der Waals surface area contributed by atoms with E-state index < -0.39 is 0 Å². The summed E-state index contributed by atoms with van der Waals surface area (Å²) in [5.74, 6) is 0.866. The monoisotopic (exact) mass is 474 g/mol. The summed E-state index contributed by atoms with van der Waals surface area (Å²) in [6.07, 6.45) is 4.29. The van der Waals surface area contributed by atoms with Crippen molar-refractivity contribution in [2.24, 2.45) is 0 Å². The molecule has 3 aromatic carbocycles. The third kappa shape index (κ3) is 4.12. The third-order valence-corrected chi connectivity index (χ3v) is 7.49. The number of hydrogen-bond donors (Lipinski definition) is 1. The first-order chi connectivity index (χ1) is 16.6. The van der Waals surface area contributed by atoms with E-state index >= 15 is 0 Å². The molecule has 2 aliphatic rings. The molecule has 1 N–H and O–H groups in total. The molecule has 0 radical (unpaired) electrons. The van der Waals surface area contributed by atoms with Gasteiger partial charge in [-0.3, -0.25) is 9.59 Å². The number of fused-ring (bicyclic) bond motifs is 2. The van der Waals surface area contributed by atoms with Crippen LogP contribution >= 0.6 is 11.8 Å². The summed E-state index contributed by atoms with van der Waals surface area (Å²) in [6.45, 7) is 0. The van der Waals surface area contributed by atoms with E-state index in [2.05, 4.69) is 5.32 Å². The van der Waals surface area contributed by atoms with Gasteiger partial charge >= 0.3 is 0 Å². The van der Waals surface area contributed by atoms with Crippen molar-refractivity contribution >= 4 is 35.0 Å². The highest BCUT2D eigenvalue weighted by atomic mass is 32.2. The van der Waals surface area contributed by atoms with Crippen molar-refractivity contribution in [3.63, 3.8) is 0 Å². The van der Waals surface area contributed by atoms with Gasteiger partial charge in [0.2, 0.25) is 0 Å². The summed E-state index contributed by atoms with van der Waals surface area (Å²) in [6, 6.07) is 18.8. The van der Waals surface area contributed by atoms with Gasteiger partial charge in [-0.25, -0.2) is 0 Å². The molecular formula is C27H26N2O4S. The average molecular weight is 475 g/mol. The molecule has 1 aliphatic heterocycles. The summed E-state index contributed by atoms with van der Waals surface area (Å²) in [5, 5.41) is 2.99. The molecule has 1 saturated carbocycles. The Morgan fingerprint density at radius 3 is 2.47 bits per heavy atom. The predicted molar refractivity (Wildman–Crippen MR) is 134 cm³/mol. The van der Waals surface area contributed by atoms with Gasteiger partial charge in [-0.05, 0) is 61.4 Å². The first kappa shape index (κ1) is 22.3. The Morgan fingerprint density at radius 2 is 1.71 bits per heavy atom. The Bertz CT molecular complexity index is 1250. The molecule has 0 saturated heterocycles. The van der Waals surface area contributed by atoms with Crippen LogP contribution in [-0.4, -0.2) is 32.1 Å². The van der Waals surface area contributed by atoms with Gasteiger partial charge < -0.3 is 19.7 Å². The zero-order chi connectivity index (χ0) is 23.7. The normalized spacial score (nSPS) is 15.4. The van der Waals surface area contributed by atoms with Crippen LogP contribution < -0.4 is 19.7 Å². The highest BCUT2D eigenvalue weighted by Crippen LogP contribution is 2.45. The van der Waals surface area contributed by atoms with Crippen LogP contribution in [0.3, 0.4) is 0 Å². The Hall–Kier alpha value is -3.45. The van der Waals surface area contributed by atoms with Crippen molar-refractivity contribution in [3.05, 3.63) is 71.8 Å². The van der Waals surface area contributed by atoms with E-state index in [1.165, 1.54) is 0 Å². The van der Waals surface area contributed by atoms with Crippen LogP contribution in [0.25, 0.3) is 0 Å². The lowest BCUT2D eigenvalue weighted by atomic mass is 10.1. The lowest BCUT2D eigenvalue weighted by Crippen LogP contribution is -2.39. The maximum atomic E-state index is 13.6. The average Bonchev–Trinajstić information content (AvgIpc) is 3.35. The van der Waals surface area contributed by atoms with Crippen molar-refractivity contribution in [1.29, 1.82) is 0 Å². The third-order valence-electron chi connectivity index (χ3n) is 6.37. The minimum atomic E-state index is -0.247. The zero-order valence-corrected chi connectivity index (χ0v) is 20.0. The second-order valence-electron chi connectivity index (χ2n) is 8.42. The molecule has 7 heteroatoms. The molecular weight excluding hydrogens is 448 g/mol. The van der Waals surface area contributed by atoms with Crippen LogP contribution in [-0.2, 0) is 0 Å². The quantitative estimate of drug-likeness (QED) is 0.490. The minimum absolute atomic E-state index is 0.0517. The number of carbonyl (C=O) groups excluding carboxylic acids is 2. The van der Waals surface area contributed by atoms with Crippen LogP contribution in [0.5, 0.6) is 11.5 Å². The van der Waals surface area contributed by atoms with E-state index in [1.54, 1.807) is 44.2 Å². The molecule has 1 aliphatic carbocycles. The van der Waals surface area contributed by atoms with Gasteiger partial charge in [-0.15, -0.1) is 0 Å². The van der Waals surface area contributed by atoms with Crippen LogP contribution in [0.1, 0.15) is 46.4 Å². The largest absolute Gasteiger partial charge is 0.493 e. The maximum absolute atomic E-state index is 13.6. The minimum Gasteiger partial charge on any atom is -0.493 e. The highest BCUT2D eigenvalue weighted by Gasteiger charge is 2.34. The number of rotatable bonds is 5. The van der Waals surface area contributed by atoms with Crippen molar-refractivity contribution < 1.29 is 19.1 Å². The molecule has 34 heavy (non-hydrogen) atoms. The molecule has 2 amide bonds. The van der Waals surface area contributed by atoms with Gasteiger partial charge in [0.15, 0.2) is 11.5 Å². The van der Waals surface area contributed by atoms with E-state index in [4.69, 9.17) is 9.47 Å². The van der Waals surface area contributed by atoms with Crippen LogP contribution in [0.4, 0.5) is 11.4 Å². The lowest BCUT2D eigenvalue weighted by Gasteiger charge is -2.29. The molecule has 0 unspecified atom stereocenters. The Labute approximate surface area is 203 Å². The van der Waals surface area contributed by atoms with Crippen molar-refractivity contribution in [3.8, 4) is 11.5 Å². The van der Waals surface area contributed by atoms with Crippen molar-refractivity contribution in [1.82, 2.24) is 0 Å². The molecule has 174 valence electrons. The van der Waals surface area contributed by atoms with Crippen molar-refractivity contribution in [2.45, 2.75) is 41.5 Å². The molecule has 0 atom stereocenters. The zero-order valence-electron chi connectivity index (χ0n) is 19.2. The molecule has 0 bridgehead atoms. The van der Waals surface area contributed by atoms with Crippen LogP contribution in [0.15, 0.2) is 70.5 Å². The number of ether oxygens (including phenoxy) is 2. The smallest absolute Gasteiger partial charge is 0.259 e. The fourth-order valence-electron chi connectivity index (χ4n) is 4.67. The van der Waals surface area contributed by atoms with Crippen LogP contribution in [0, 0.1) is 0 Å². The fourth-order valence-corrected chi connectivity index (χ4v) is 5.77. The van der Waals surface area contributed by atoms with Gasteiger partial charge in [0.1, 0.15) is 0 Å². The Kier molecular flexibility index (Phi) is 6.20. The molecule has 0 aromatic heterocycles. The molecule has 0 spiro atoms. The maximum Gasteiger partial charge on any atom is 0.259 e. The summed E-state index contributed by atoms with van der Waals surface area (Å²) < 4.78 is 10.6. The summed E-state index contributed by atoms with van der Waals surface area (Å²) in [4.78, 5) is 30.4. The van der Waals surface area contributed by atoms with Gasteiger partial charge in [-0.1, -0.05) is 36.7 Å². The van der Waals surface area contributed by atoms with E-state index in [0.717, 1.165) is 46.7 Å². The SMILES string of the molecule is COc1ccc(C(=O)Nc2ccc3c(c2)Sc2ccccc2C(=O)N3C2CCCC2)cc1OC. The first-order valence-electron chi connectivity index (χ1n) is 11.4. The molecule has 5 rings (SSSR count). The summed E-state index contributed by atoms with van der Waals surface area (Å²) >= 11 is 1.57. The van der Waals surface area contributed by atoms with E-state index in [0.29, 0.717) is 22.7 Å².